The second kappa shape index (κ2) is 7.07. The fraction of sp³-hybridized carbons (Fsp3) is 0.143. The van der Waals surface area contributed by atoms with Crippen LogP contribution in [-0.2, 0) is 13.0 Å². The summed E-state index contributed by atoms with van der Waals surface area (Å²) in [6, 6.07) is 14.9. The Balaban J connectivity index is 1.66. The molecule has 136 valence electrons. The van der Waals surface area contributed by atoms with Gasteiger partial charge in [0.2, 0.25) is 5.95 Å². The van der Waals surface area contributed by atoms with E-state index in [1.165, 1.54) is 0 Å². The summed E-state index contributed by atoms with van der Waals surface area (Å²) >= 11 is 0. The number of hydrogen-bond acceptors (Lipinski definition) is 4. The van der Waals surface area contributed by atoms with Crippen LogP contribution in [0.4, 0.5) is 10.3 Å². The van der Waals surface area contributed by atoms with Crippen molar-refractivity contribution in [2.45, 2.75) is 20.0 Å². The zero-order valence-corrected chi connectivity index (χ0v) is 14.9. The van der Waals surface area contributed by atoms with Crippen LogP contribution in [0.2, 0.25) is 0 Å². The fourth-order valence-electron chi connectivity index (χ4n) is 3.14. The van der Waals surface area contributed by atoms with Crippen molar-refractivity contribution in [2.75, 3.05) is 5.73 Å². The largest absolute Gasteiger partial charge is 0.488 e. The summed E-state index contributed by atoms with van der Waals surface area (Å²) in [6.07, 6.45) is 4.17. The average Bonchev–Trinajstić information content (AvgIpc) is 3.12. The number of nitrogens with zero attached hydrogens (tertiary/aromatic N) is 3. The summed E-state index contributed by atoms with van der Waals surface area (Å²) in [5.41, 5.74) is 7.86. The van der Waals surface area contributed by atoms with Crippen LogP contribution in [0.15, 0.2) is 60.9 Å². The van der Waals surface area contributed by atoms with Crippen molar-refractivity contribution in [3.05, 3.63) is 77.9 Å². The maximum Gasteiger partial charge on any atom is 0.221 e. The van der Waals surface area contributed by atoms with E-state index in [0.29, 0.717) is 29.1 Å². The third-order valence-corrected chi connectivity index (χ3v) is 4.52. The summed E-state index contributed by atoms with van der Waals surface area (Å²) in [5.74, 6) is 1.39. The van der Waals surface area contributed by atoms with Crippen molar-refractivity contribution in [1.82, 2.24) is 14.5 Å². The Bertz CT molecular complexity index is 1110. The summed E-state index contributed by atoms with van der Waals surface area (Å²) in [5, 5.41) is 0.918. The zero-order valence-electron chi connectivity index (χ0n) is 14.9. The molecule has 0 unspecified atom stereocenters. The van der Waals surface area contributed by atoms with Gasteiger partial charge in [-0.05, 0) is 36.2 Å². The number of benzene rings is 2. The predicted octanol–water partition coefficient (Wildman–Crippen LogP) is 4.28. The molecule has 0 fully saturated rings. The molecule has 5 nitrogen and oxygen atoms in total. The first-order valence-corrected chi connectivity index (χ1v) is 8.75. The first-order chi connectivity index (χ1) is 13.2. The smallest absolute Gasteiger partial charge is 0.221 e. The molecule has 0 aliphatic rings. The van der Waals surface area contributed by atoms with Gasteiger partial charge in [0.15, 0.2) is 0 Å². The molecule has 2 aromatic heterocycles. The molecule has 0 radical (unpaired) electrons. The molecule has 6 heteroatoms. The molecule has 4 rings (SSSR count). The summed E-state index contributed by atoms with van der Waals surface area (Å²) < 4.78 is 22.3. The molecule has 0 saturated carbocycles. The van der Waals surface area contributed by atoms with Crippen molar-refractivity contribution >= 4 is 16.9 Å². The molecule has 0 spiro atoms. The number of halogens is 1. The molecular weight excluding hydrogens is 343 g/mol. The first kappa shape index (κ1) is 17.0. The second-order valence-electron chi connectivity index (χ2n) is 6.18. The Labute approximate surface area is 156 Å². The quantitative estimate of drug-likeness (QED) is 0.575. The second-order valence-corrected chi connectivity index (χ2v) is 6.18. The first-order valence-electron chi connectivity index (χ1n) is 8.75. The van der Waals surface area contributed by atoms with Gasteiger partial charge in [-0.1, -0.05) is 31.2 Å². The van der Waals surface area contributed by atoms with Gasteiger partial charge < -0.3 is 15.0 Å². The molecule has 4 aromatic rings. The van der Waals surface area contributed by atoms with E-state index < -0.39 is 0 Å². The van der Waals surface area contributed by atoms with Gasteiger partial charge in [-0.2, -0.15) is 4.98 Å². The summed E-state index contributed by atoms with van der Waals surface area (Å²) in [4.78, 5) is 8.18. The molecule has 2 N–H and O–H groups in total. The maximum atomic E-state index is 14.4. The number of rotatable bonds is 5. The minimum atomic E-state index is -0.193. The molecule has 2 aromatic carbocycles. The van der Waals surface area contributed by atoms with Gasteiger partial charge in [-0.15, -0.1) is 0 Å². The standard InChI is InChI=1S/C21H19FN4O/c1-2-14-5-3-6-15(20(14)22)13-27-18-8-4-7-17-16(18)10-12-26(17)19-9-11-24-21(23)25-19/h3-12H,2,13H2,1H3,(H2,23,24,25). The number of hydrogen-bond donors (Lipinski definition) is 1. The van der Waals surface area contributed by atoms with Crippen LogP contribution in [0.3, 0.4) is 0 Å². The van der Waals surface area contributed by atoms with Crippen molar-refractivity contribution in [2.24, 2.45) is 0 Å². The molecule has 0 bridgehead atoms. The van der Waals surface area contributed by atoms with Crippen molar-refractivity contribution in [1.29, 1.82) is 0 Å². The van der Waals surface area contributed by atoms with Crippen molar-refractivity contribution < 1.29 is 9.13 Å². The van der Waals surface area contributed by atoms with Crippen LogP contribution in [0.5, 0.6) is 5.75 Å². The number of ether oxygens (including phenoxy) is 1. The third-order valence-electron chi connectivity index (χ3n) is 4.52. The normalized spacial score (nSPS) is 11.0. The van der Waals surface area contributed by atoms with Gasteiger partial charge in [0.05, 0.1) is 5.52 Å². The van der Waals surface area contributed by atoms with E-state index in [2.05, 4.69) is 9.97 Å². The van der Waals surface area contributed by atoms with E-state index in [0.717, 1.165) is 10.9 Å². The van der Waals surface area contributed by atoms with Crippen LogP contribution >= 0.6 is 0 Å². The Morgan fingerprint density at radius 2 is 1.89 bits per heavy atom. The van der Waals surface area contributed by atoms with E-state index in [4.69, 9.17) is 10.5 Å². The van der Waals surface area contributed by atoms with Gasteiger partial charge in [-0.25, -0.2) is 9.37 Å². The van der Waals surface area contributed by atoms with Gasteiger partial charge in [0, 0.05) is 23.3 Å². The topological polar surface area (TPSA) is 66.0 Å². The molecule has 0 atom stereocenters. The minimum absolute atomic E-state index is 0.171. The lowest BCUT2D eigenvalue weighted by atomic mass is 10.1. The molecule has 27 heavy (non-hydrogen) atoms. The van der Waals surface area contributed by atoms with Crippen LogP contribution in [0.1, 0.15) is 18.1 Å². The minimum Gasteiger partial charge on any atom is -0.488 e. The van der Waals surface area contributed by atoms with Crippen molar-refractivity contribution in [3.8, 4) is 11.6 Å². The monoisotopic (exact) mass is 362 g/mol. The number of anilines is 1. The van der Waals surface area contributed by atoms with Gasteiger partial charge in [0.1, 0.15) is 24.0 Å². The van der Waals surface area contributed by atoms with Crippen LogP contribution in [-0.4, -0.2) is 14.5 Å². The molecule has 0 aliphatic heterocycles. The molecular formula is C21H19FN4O. The Hall–Kier alpha value is -3.41. The number of nitrogen functional groups attached to an aromatic ring is 1. The van der Waals surface area contributed by atoms with Gasteiger partial charge in [-0.3, -0.25) is 0 Å². The lowest BCUT2D eigenvalue weighted by molar-refractivity contribution is 0.303. The zero-order chi connectivity index (χ0) is 18.8. The van der Waals surface area contributed by atoms with E-state index in [-0.39, 0.29) is 18.4 Å². The van der Waals surface area contributed by atoms with Crippen LogP contribution in [0.25, 0.3) is 16.7 Å². The molecule has 0 saturated heterocycles. The number of nitrogens with two attached hydrogens (primary N) is 1. The third kappa shape index (κ3) is 3.21. The highest BCUT2D eigenvalue weighted by atomic mass is 19.1. The molecule has 0 amide bonds. The fourth-order valence-corrected chi connectivity index (χ4v) is 3.14. The highest BCUT2D eigenvalue weighted by Crippen LogP contribution is 2.29. The van der Waals surface area contributed by atoms with E-state index in [1.807, 2.05) is 48.0 Å². The summed E-state index contributed by atoms with van der Waals surface area (Å²) in [6.45, 7) is 2.11. The number of fused-ring (bicyclic) bond motifs is 1. The molecule has 0 aliphatic carbocycles. The SMILES string of the molecule is CCc1cccc(COc2cccc3c2ccn3-c2ccnc(N)n2)c1F. The van der Waals surface area contributed by atoms with E-state index in [1.54, 1.807) is 24.4 Å². The lowest BCUT2D eigenvalue weighted by Gasteiger charge is -2.11. The van der Waals surface area contributed by atoms with E-state index >= 15 is 0 Å². The number of aromatic nitrogens is 3. The maximum absolute atomic E-state index is 14.4. The van der Waals surface area contributed by atoms with Crippen molar-refractivity contribution in [3.63, 3.8) is 0 Å². The van der Waals surface area contributed by atoms with Gasteiger partial charge in [0.25, 0.3) is 0 Å². The number of aryl methyl sites for hydroxylation is 1. The molecule has 2 heterocycles. The highest BCUT2D eigenvalue weighted by Gasteiger charge is 2.11. The average molecular weight is 362 g/mol. The Kier molecular flexibility index (Phi) is 4.46. The predicted molar refractivity (Wildman–Crippen MR) is 103 cm³/mol. The summed E-state index contributed by atoms with van der Waals surface area (Å²) in [7, 11) is 0. The van der Waals surface area contributed by atoms with E-state index in [9.17, 15) is 4.39 Å². The van der Waals surface area contributed by atoms with Gasteiger partial charge >= 0.3 is 0 Å². The highest BCUT2D eigenvalue weighted by molar-refractivity contribution is 5.87. The lowest BCUT2D eigenvalue weighted by Crippen LogP contribution is -2.02. The Morgan fingerprint density at radius 3 is 2.70 bits per heavy atom. The van der Waals surface area contributed by atoms with Crippen LogP contribution < -0.4 is 10.5 Å². The van der Waals surface area contributed by atoms with Crippen LogP contribution in [0, 0.1) is 5.82 Å². The Morgan fingerprint density at radius 1 is 1.07 bits per heavy atom.